The van der Waals surface area contributed by atoms with E-state index in [2.05, 4.69) is 231 Å². The quantitative estimate of drug-likeness (QED) is 0.152. The van der Waals surface area contributed by atoms with Crippen LogP contribution in [0, 0.1) is 13.8 Å². The molecule has 0 atom stereocenters. The summed E-state index contributed by atoms with van der Waals surface area (Å²) in [5.41, 5.74) is 15.3. The predicted molar refractivity (Wildman–Crippen MR) is 257 cm³/mol. The Morgan fingerprint density at radius 3 is 1.04 bits per heavy atom. The maximum absolute atomic E-state index is 2.62. The number of anilines is 6. The molecule has 0 fully saturated rings. The van der Waals surface area contributed by atoms with Gasteiger partial charge in [-0.15, -0.1) is 0 Å². The highest BCUT2D eigenvalue weighted by atomic mass is 32.3. The first-order valence-corrected chi connectivity index (χ1v) is 25.4. The molecule has 0 heterocycles. The normalized spacial score (nSPS) is 14.0. The standard InChI is InChI=1S/C53H52N2S2/c1-37-21-19-27-41(33-37)54(39-23-11-9-12-24-39)49-35-47-51(45-31-17-15-29-43(45)49)52-46-32-18-16-30-44(46)50(36-48(52)53(47,56(3,4)5)57(6,7)8)55(40-25-13-10-14-26-40)42-28-20-22-38(2)34-42/h9-36H,1-8H3. The summed E-state index contributed by atoms with van der Waals surface area (Å²) >= 11 is 0. The van der Waals surface area contributed by atoms with Crippen LogP contribution in [0.25, 0.3) is 32.7 Å². The molecule has 0 spiro atoms. The van der Waals surface area contributed by atoms with Gasteiger partial charge in [-0.25, -0.2) is 20.1 Å². The van der Waals surface area contributed by atoms with Gasteiger partial charge in [0.15, 0.2) is 0 Å². The topological polar surface area (TPSA) is 6.48 Å². The molecule has 9 rings (SSSR count). The summed E-state index contributed by atoms with van der Waals surface area (Å²) < 4.78 is -0.230. The molecular formula is C53H52N2S2. The van der Waals surface area contributed by atoms with Crippen LogP contribution in [0.5, 0.6) is 0 Å². The monoisotopic (exact) mass is 780 g/mol. The van der Waals surface area contributed by atoms with Crippen LogP contribution in [0.3, 0.4) is 0 Å². The van der Waals surface area contributed by atoms with E-state index in [1.807, 2.05) is 0 Å². The third-order valence-corrected chi connectivity index (χ3v) is 19.1. The highest BCUT2D eigenvalue weighted by Crippen LogP contribution is 2.81. The van der Waals surface area contributed by atoms with Gasteiger partial charge in [0.1, 0.15) is 0 Å². The number of aryl methyl sites for hydroxylation is 2. The molecule has 0 saturated heterocycles. The Hall–Kier alpha value is -5.42. The van der Waals surface area contributed by atoms with E-state index in [4.69, 9.17) is 0 Å². The Kier molecular flexibility index (Phi) is 9.06. The Morgan fingerprint density at radius 1 is 0.351 bits per heavy atom. The Labute approximate surface area is 342 Å². The SMILES string of the molecule is Cc1cccc(N(c2ccccc2)c2cc3c(c4ccccc24)-c2c(cc(N(c4ccccc4)c4cccc(C)c4)c4ccccc24)C3(S(C)(C)C)S(C)(C)C)c1. The van der Waals surface area contributed by atoms with Gasteiger partial charge in [0, 0.05) is 33.5 Å². The fraction of sp³-hybridized carbons (Fsp3) is 0.170. The van der Waals surface area contributed by atoms with Gasteiger partial charge in [-0.05, 0) is 156 Å². The van der Waals surface area contributed by atoms with E-state index in [-0.39, 0.29) is 4.08 Å². The Bertz CT molecular complexity index is 2600. The maximum Gasteiger partial charge on any atom is 0.0813 e. The van der Waals surface area contributed by atoms with Gasteiger partial charge in [0.25, 0.3) is 0 Å². The Balaban J connectivity index is 1.46. The van der Waals surface area contributed by atoms with Gasteiger partial charge >= 0.3 is 0 Å². The molecule has 0 N–H and O–H groups in total. The van der Waals surface area contributed by atoms with Crippen LogP contribution < -0.4 is 9.80 Å². The first kappa shape index (κ1) is 37.2. The van der Waals surface area contributed by atoms with Crippen molar-refractivity contribution in [1.29, 1.82) is 0 Å². The zero-order valence-electron chi connectivity index (χ0n) is 34.4. The van der Waals surface area contributed by atoms with Crippen LogP contribution in [-0.2, 0) is 4.08 Å². The van der Waals surface area contributed by atoms with Crippen molar-refractivity contribution in [3.63, 3.8) is 0 Å². The molecule has 1 aliphatic carbocycles. The van der Waals surface area contributed by atoms with Crippen molar-refractivity contribution < 1.29 is 0 Å². The van der Waals surface area contributed by atoms with Crippen molar-refractivity contribution >= 4 is 75.7 Å². The van der Waals surface area contributed by atoms with Crippen LogP contribution in [0.2, 0.25) is 0 Å². The summed E-state index contributed by atoms with van der Waals surface area (Å²) in [7, 11) is -2.69. The van der Waals surface area contributed by atoms with Crippen molar-refractivity contribution in [3.8, 4) is 11.1 Å². The van der Waals surface area contributed by atoms with E-state index in [1.54, 1.807) is 0 Å². The second-order valence-electron chi connectivity index (χ2n) is 17.0. The van der Waals surface area contributed by atoms with Crippen molar-refractivity contribution in [2.45, 2.75) is 17.9 Å². The van der Waals surface area contributed by atoms with E-state index >= 15 is 0 Å². The average Bonchev–Trinajstić information content (AvgIpc) is 3.51. The van der Waals surface area contributed by atoms with Crippen molar-refractivity contribution in [2.24, 2.45) is 0 Å². The van der Waals surface area contributed by atoms with Crippen LogP contribution in [-0.4, -0.2) is 37.5 Å². The Morgan fingerprint density at radius 2 is 0.684 bits per heavy atom. The van der Waals surface area contributed by atoms with Crippen molar-refractivity contribution in [2.75, 3.05) is 47.3 Å². The summed E-state index contributed by atoms with van der Waals surface area (Å²) in [5, 5.41) is 5.14. The summed E-state index contributed by atoms with van der Waals surface area (Å²) in [6, 6.07) is 63.4. The molecule has 0 radical (unpaired) electrons. The molecule has 0 bridgehead atoms. The van der Waals surface area contributed by atoms with E-state index in [1.165, 1.54) is 77.7 Å². The van der Waals surface area contributed by atoms with E-state index < -0.39 is 20.1 Å². The molecule has 4 heteroatoms. The van der Waals surface area contributed by atoms with Gasteiger partial charge in [-0.3, -0.25) is 0 Å². The van der Waals surface area contributed by atoms with Crippen LogP contribution >= 0.6 is 20.1 Å². The largest absolute Gasteiger partial charge is 0.310 e. The van der Waals surface area contributed by atoms with Crippen molar-refractivity contribution in [1.82, 2.24) is 0 Å². The second-order valence-corrected chi connectivity index (χ2v) is 25.9. The fourth-order valence-electron chi connectivity index (χ4n) is 9.90. The number of hydrogen-bond acceptors (Lipinski definition) is 2. The number of benzene rings is 8. The van der Waals surface area contributed by atoms with Crippen LogP contribution in [0.4, 0.5) is 34.1 Å². The van der Waals surface area contributed by atoms with Crippen LogP contribution in [0.15, 0.2) is 170 Å². The molecule has 0 amide bonds. The zero-order chi connectivity index (χ0) is 39.7. The molecule has 8 aromatic carbocycles. The molecule has 57 heavy (non-hydrogen) atoms. The first-order chi connectivity index (χ1) is 27.4. The summed E-state index contributed by atoms with van der Waals surface area (Å²) in [6.45, 7) is 4.39. The number of fused-ring (bicyclic) bond motifs is 7. The minimum absolute atomic E-state index is 0.230. The molecule has 286 valence electrons. The molecule has 0 unspecified atom stereocenters. The summed E-state index contributed by atoms with van der Waals surface area (Å²) in [5.74, 6) is 0. The van der Waals surface area contributed by atoms with E-state index in [0.717, 1.165) is 11.4 Å². The second kappa shape index (κ2) is 13.9. The predicted octanol–water partition coefficient (Wildman–Crippen LogP) is 15.1. The molecule has 1 aliphatic rings. The van der Waals surface area contributed by atoms with Gasteiger partial charge in [-0.2, -0.15) is 0 Å². The smallest absolute Gasteiger partial charge is 0.0813 e. The van der Waals surface area contributed by atoms with Crippen molar-refractivity contribution in [3.05, 3.63) is 192 Å². The van der Waals surface area contributed by atoms with Gasteiger partial charge in [0.05, 0.1) is 15.5 Å². The number of rotatable bonds is 8. The molecule has 2 nitrogen and oxygen atoms in total. The lowest BCUT2D eigenvalue weighted by Gasteiger charge is -2.59. The number of nitrogens with zero attached hydrogens (tertiary/aromatic N) is 2. The van der Waals surface area contributed by atoms with Gasteiger partial charge in [0.2, 0.25) is 0 Å². The minimum atomic E-state index is -1.34. The number of hydrogen-bond donors (Lipinski definition) is 0. The van der Waals surface area contributed by atoms with E-state index in [0.29, 0.717) is 0 Å². The molecular weight excluding hydrogens is 729 g/mol. The maximum atomic E-state index is 2.62. The summed E-state index contributed by atoms with van der Waals surface area (Å²) in [6.07, 6.45) is 15.4. The highest BCUT2D eigenvalue weighted by molar-refractivity contribution is 8.48. The lowest BCUT2D eigenvalue weighted by atomic mass is 9.92. The average molecular weight is 781 g/mol. The molecule has 8 aromatic rings. The fourth-order valence-corrected chi connectivity index (χ4v) is 19.2. The van der Waals surface area contributed by atoms with Crippen LogP contribution in [0.1, 0.15) is 22.3 Å². The zero-order valence-corrected chi connectivity index (χ0v) is 36.0. The minimum Gasteiger partial charge on any atom is -0.310 e. The summed E-state index contributed by atoms with van der Waals surface area (Å²) in [4.78, 5) is 5.00. The van der Waals surface area contributed by atoms with Gasteiger partial charge < -0.3 is 9.80 Å². The third-order valence-electron chi connectivity index (χ3n) is 11.8. The highest BCUT2D eigenvalue weighted by Gasteiger charge is 2.56. The lowest BCUT2D eigenvalue weighted by Crippen LogP contribution is -2.36. The van der Waals surface area contributed by atoms with Gasteiger partial charge in [-0.1, -0.05) is 109 Å². The molecule has 0 saturated carbocycles. The molecule has 0 aromatic heterocycles. The molecule has 0 aliphatic heterocycles. The lowest BCUT2D eigenvalue weighted by molar-refractivity contribution is 1.08. The first-order valence-electron chi connectivity index (χ1n) is 19.7. The third kappa shape index (κ3) is 5.87. The number of para-hydroxylation sites is 2. The van der Waals surface area contributed by atoms with E-state index in [9.17, 15) is 0 Å².